The number of carbonyl (C=O) groups excluding carboxylic acids is 1. The standard InChI is InChI=1S/C27H36F3N5O3S/c1-31-11-13-32(14-12-31)19-23-8-9-24-20-33(15-16-34(23)24)26(36)18-22-6-2-3-10-35(22)39(37,38)25-7-4-5-21(17-25)27(28,29)30/h4-5,7-9,17,22H,2-3,6,10-16,18-20H2,1H3. The number of carbonyl (C=O) groups is 1. The molecular weight excluding hydrogens is 531 g/mol. The van der Waals surface area contributed by atoms with E-state index in [1.54, 1.807) is 4.90 Å². The zero-order valence-electron chi connectivity index (χ0n) is 22.2. The van der Waals surface area contributed by atoms with E-state index < -0.39 is 27.8 Å². The molecule has 0 spiro atoms. The van der Waals surface area contributed by atoms with Gasteiger partial charge in [0.05, 0.1) is 17.0 Å². The van der Waals surface area contributed by atoms with Crippen LogP contribution in [0, 0.1) is 0 Å². The van der Waals surface area contributed by atoms with Crippen LogP contribution < -0.4 is 0 Å². The highest BCUT2D eigenvalue weighted by atomic mass is 32.2. The molecule has 1 aromatic heterocycles. The molecule has 2 saturated heterocycles. The number of hydrogen-bond acceptors (Lipinski definition) is 5. The zero-order chi connectivity index (χ0) is 27.8. The molecule has 1 unspecified atom stereocenters. The minimum Gasteiger partial charge on any atom is -0.344 e. The number of aromatic nitrogens is 1. The van der Waals surface area contributed by atoms with Gasteiger partial charge in [-0.25, -0.2) is 8.42 Å². The number of alkyl halides is 3. The second-order valence-corrected chi connectivity index (χ2v) is 12.7. The Labute approximate surface area is 228 Å². The average Bonchev–Trinajstić information content (AvgIpc) is 3.31. The molecule has 3 aliphatic rings. The van der Waals surface area contributed by atoms with E-state index in [-0.39, 0.29) is 23.8 Å². The Morgan fingerprint density at radius 1 is 0.974 bits per heavy atom. The van der Waals surface area contributed by atoms with Gasteiger partial charge in [-0.3, -0.25) is 9.69 Å². The zero-order valence-corrected chi connectivity index (χ0v) is 23.1. The lowest BCUT2D eigenvalue weighted by atomic mass is 10.0. The SMILES string of the molecule is CN1CCN(Cc2ccc3n2CCN(C(=O)CC2CCCCN2S(=O)(=O)c2cccc(C(F)(F)F)c2)C3)CC1. The maximum absolute atomic E-state index is 13.4. The summed E-state index contributed by atoms with van der Waals surface area (Å²) in [6.07, 6.45) is -2.74. The van der Waals surface area contributed by atoms with Crippen LogP contribution in [-0.4, -0.2) is 90.3 Å². The van der Waals surface area contributed by atoms with Crippen LogP contribution in [0.25, 0.3) is 0 Å². The van der Waals surface area contributed by atoms with Gasteiger partial charge in [-0.05, 0) is 50.2 Å². The van der Waals surface area contributed by atoms with Crippen LogP contribution in [0.1, 0.15) is 42.6 Å². The van der Waals surface area contributed by atoms with Gasteiger partial charge in [0.2, 0.25) is 15.9 Å². The van der Waals surface area contributed by atoms with E-state index in [1.807, 2.05) is 0 Å². The molecule has 3 aliphatic heterocycles. The number of sulfonamides is 1. The lowest BCUT2D eigenvalue weighted by Gasteiger charge is -2.37. The van der Waals surface area contributed by atoms with Crippen molar-refractivity contribution in [2.45, 2.75) is 62.4 Å². The third kappa shape index (κ3) is 6.18. The third-order valence-electron chi connectivity index (χ3n) is 8.19. The van der Waals surface area contributed by atoms with Crippen LogP contribution in [0.5, 0.6) is 0 Å². The highest BCUT2D eigenvalue weighted by Gasteiger charge is 2.38. The first kappa shape index (κ1) is 28.1. The fourth-order valence-corrected chi connectivity index (χ4v) is 7.60. The predicted octanol–water partition coefficient (Wildman–Crippen LogP) is 3.23. The summed E-state index contributed by atoms with van der Waals surface area (Å²) in [6.45, 7) is 6.94. The van der Waals surface area contributed by atoms with Crippen molar-refractivity contribution >= 4 is 15.9 Å². The molecule has 0 saturated carbocycles. The molecule has 39 heavy (non-hydrogen) atoms. The van der Waals surface area contributed by atoms with E-state index in [0.717, 1.165) is 57.0 Å². The summed E-state index contributed by atoms with van der Waals surface area (Å²) < 4.78 is 70.0. The van der Waals surface area contributed by atoms with Crippen LogP contribution in [0.15, 0.2) is 41.3 Å². The molecule has 0 bridgehead atoms. The van der Waals surface area contributed by atoms with Crippen molar-refractivity contribution in [2.75, 3.05) is 46.3 Å². The average molecular weight is 568 g/mol. The molecule has 12 heteroatoms. The Kier molecular flexibility index (Phi) is 8.10. The maximum atomic E-state index is 13.4. The summed E-state index contributed by atoms with van der Waals surface area (Å²) in [5.74, 6) is -0.126. The van der Waals surface area contributed by atoms with E-state index in [2.05, 4.69) is 33.5 Å². The summed E-state index contributed by atoms with van der Waals surface area (Å²) in [5.41, 5.74) is 1.31. The molecule has 4 heterocycles. The van der Waals surface area contributed by atoms with Crippen LogP contribution >= 0.6 is 0 Å². The number of amides is 1. The van der Waals surface area contributed by atoms with Crippen LogP contribution in [0.2, 0.25) is 0 Å². The van der Waals surface area contributed by atoms with E-state index >= 15 is 0 Å². The van der Waals surface area contributed by atoms with E-state index in [4.69, 9.17) is 0 Å². The number of likely N-dealkylation sites (N-methyl/N-ethyl adjacent to an activating group) is 1. The molecule has 5 rings (SSSR count). The van der Waals surface area contributed by atoms with Crippen molar-refractivity contribution in [3.05, 3.63) is 53.3 Å². The molecule has 0 aliphatic carbocycles. The molecule has 214 valence electrons. The molecule has 8 nitrogen and oxygen atoms in total. The summed E-state index contributed by atoms with van der Waals surface area (Å²) >= 11 is 0. The van der Waals surface area contributed by atoms with Crippen molar-refractivity contribution in [3.8, 4) is 0 Å². The van der Waals surface area contributed by atoms with Gasteiger partial charge >= 0.3 is 6.18 Å². The molecule has 0 radical (unpaired) electrons. The molecule has 2 aromatic rings. The fourth-order valence-electron chi connectivity index (χ4n) is 5.86. The first-order chi connectivity index (χ1) is 18.5. The Morgan fingerprint density at radius 2 is 1.74 bits per heavy atom. The molecule has 1 aromatic carbocycles. The number of halogens is 3. The van der Waals surface area contributed by atoms with Gasteiger partial charge in [0.1, 0.15) is 0 Å². The smallest absolute Gasteiger partial charge is 0.344 e. The maximum Gasteiger partial charge on any atom is 0.416 e. The van der Waals surface area contributed by atoms with Gasteiger partial charge in [0, 0.05) is 76.2 Å². The highest BCUT2D eigenvalue weighted by molar-refractivity contribution is 7.89. The quantitative estimate of drug-likeness (QED) is 0.536. The molecule has 2 fully saturated rings. The van der Waals surface area contributed by atoms with E-state index in [1.165, 1.54) is 16.1 Å². The Morgan fingerprint density at radius 3 is 2.49 bits per heavy atom. The van der Waals surface area contributed by atoms with Gasteiger partial charge in [-0.2, -0.15) is 17.5 Å². The van der Waals surface area contributed by atoms with Crippen LogP contribution in [-0.2, 0) is 40.6 Å². The normalized spacial score (nSPS) is 22.2. The van der Waals surface area contributed by atoms with Crippen molar-refractivity contribution in [2.24, 2.45) is 0 Å². The summed E-state index contributed by atoms with van der Waals surface area (Å²) in [5, 5.41) is 0. The van der Waals surface area contributed by atoms with Crippen LogP contribution in [0.4, 0.5) is 13.2 Å². The summed E-state index contributed by atoms with van der Waals surface area (Å²) in [7, 11) is -2.05. The number of hydrogen-bond donors (Lipinski definition) is 0. The Bertz CT molecular complexity index is 1290. The molecule has 1 amide bonds. The minimum absolute atomic E-state index is 0.0209. The Hall–Kier alpha value is -2.41. The molecule has 1 atom stereocenters. The second-order valence-electron chi connectivity index (χ2n) is 10.9. The largest absolute Gasteiger partial charge is 0.416 e. The third-order valence-corrected chi connectivity index (χ3v) is 10.1. The van der Waals surface area contributed by atoms with E-state index in [0.29, 0.717) is 38.5 Å². The molecule has 0 N–H and O–H groups in total. The number of fused-ring (bicyclic) bond motifs is 1. The van der Waals surface area contributed by atoms with Crippen molar-refractivity contribution in [3.63, 3.8) is 0 Å². The van der Waals surface area contributed by atoms with Gasteiger partial charge in [-0.15, -0.1) is 0 Å². The number of piperidine rings is 1. The summed E-state index contributed by atoms with van der Waals surface area (Å²) in [4.78, 5) is 19.5. The van der Waals surface area contributed by atoms with Gasteiger partial charge in [0.15, 0.2) is 0 Å². The van der Waals surface area contributed by atoms with Crippen molar-refractivity contribution in [1.29, 1.82) is 0 Å². The predicted molar refractivity (Wildman–Crippen MR) is 140 cm³/mol. The lowest BCUT2D eigenvalue weighted by molar-refractivity contribution is -0.137. The second kappa shape index (κ2) is 11.2. The minimum atomic E-state index is -4.64. The van der Waals surface area contributed by atoms with Gasteiger partial charge in [-0.1, -0.05) is 12.5 Å². The number of nitrogens with zero attached hydrogens (tertiary/aromatic N) is 5. The van der Waals surface area contributed by atoms with Gasteiger partial charge in [0.25, 0.3) is 0 Å². The highest BCUT2D eigenvalue weighted by Crippen LogP contribution is 2.33. The fraction of sp³-hybridized carbons (Fsp3) is 0.593. The first-order valence-electron chi connectivity index (χ1n) is 13.6. The molecular formula is C27H36F3N5O3S. The van der Waals surface area contributed by atoms with Crippen molar-refractivity contribution in [1.82, 2.24) is 23.6 Å². The summed E-state index contributed by atoms with van der Waals surface area (Å²) in [6, 6.07) is 7.46. The monoisotopic (exact) mass is 567 g/mol. The number of benzene rings is 1. The van der Waals surface area contributed by atoms with Gasteiger partial charge < -0.3 is 14.4 Å². The van der Waals surface area contributed by atoms with Crippen LogP contribution in [0.3, 0.4) is 0 Å². The first-order valence-corrected chi connectivity index (χ1v) is 15.0. The topological polar surface area (TPSA) is 69.1 Å². The number of piperazine rings is 1. The Balaban J connectivity index is 1.25. The van der Waals surface area contributed by atoms with E-state index in [9.17, 15) is 26.4 Å². The van der Waals surface area contributed by atoms with Crippen molar-refractivity contribution < 1.29 is 26.4 Å². The lowest BCUT2D eigenvalue weighted by Crippen LogP contribution is -2.47. The number of rotatable bonds is 6.